The van der Waals surface area contributed by atoms with Crippen molar-refractivity contribution in [1.82, 2.24) is 14.3 Å². The number of hydrogen-bond acceptors (Lipinski definition) is 7. The van der Waals surface area contributed by atoms with Gasteiger partial charge >= 0.3 is 5.97 Å². The summed E-state index contributed by atoms with van der Waals surface area (Å²) in [6.07, 6.45) is 3.75. The van der Waals surface area contributed by atoms with Crippen LogP contribution in [0.25, 0.3) is 23.0 Å². The molecule has 0 saturated carbocycles. The molecule has 1 unspecified atom stereocenters. The van der Waals surface area contributed by atoms with E-state index in [1.165, 1.54) is 11.3 Å². The highest BCUT2D eigenvalue weighted by Gasteiger charge is 2.33. The largest absolute Gasteiger partial charge is 0.494 e. The fourth-order valence-electron chi connectivity index (χ4n) is 5.20. The van der Waals surface area contributed by atoms with Crippen LogP contribution in [0.5, 0.6) is 5.75 Å². The number of hydrogen-bond donors (Lipinski definition) is 0. The molecule has 0 amide bonds. The van der Waals surface area contributed by atoms with E-state index in [4.69, 9.17) is 26.2 Å². The van der Waals surface area contributed by atoms with E-state index in [1.807, 2.05) is 85.9 Å². The van der Waals surface area contributed by atoms with Crippen molar-refractivity contribution in [3.63, 3.8) is 0 Å². The number of halogens is 1. The third kappa shape index (κ3) is 5.64. The van der Waals surface area contributed by atoms with Gasteiger partial charge in [0.05, 0.1) is 40.7 Å². The minimum atomic E-state index is -0.720. The lowest BCUT2D eigenvalue weighted by molar-refractivity contribution is -0.139. The molecule has 10 heteroatoms. The van der Waals surface area contributed by atoms with Gasteiger partial charge in [0.2, 0.25) is 0 Å². The van der Waals surface area contributed by atoms with Gasteiger partial charge in [0, 0.05) is 22.3 Å². The van der Waals surface area contributed by atoms with E-state index in [2.05, 4.69) is 4.99 Å². The first-order chi connectivity index (χ1) is 21.4. The van der Waals surface area contributed by atoms with Gasteiger partial charge in [-0.3, -0.25) is 9.36 Å². The summed E-state index contributed by atoms with van der Waals surface area (Å²) in [7, 11) is 0. The van der Waals surface area contributed by atoms with Crippen LogP contribution in [-0.2, 0) is 9.53 Å². The van der Waals surface area contributed by atoms with Crippen molar-refractivity contribution in [2.24, 2.45) is 4.99 Å². The lowest BCUT2D eigenvalue weighted by Gasteiger charge is -2.24. The van der Waals surface area contributed by atoms with Gasteiger partial charge in [-0.25, -0.2) is 14.5 Å². The molecular weight excluding hydrogens is 596 g/mol. The molecule has 0 bridgehead atoms. The zero-order valence-electron chi connectivity index (χ0n) is 24.4. The molecular formula is C34H29ClN4O4S. The van der Waals surface area contributed by atoms with Crippen molar-refractivity contribution in [3.8, 4) is 22.7 Å². The summed E-state index contributed by atoms with van der Waals surface area (Å²) < 4.78 is 14.9. The molecule has 3 heterocycles. The lowest BCUT2D eigenvalue weighted by Crippen LogP contribution is -2.39. The second-order valence-electron chi connectivity index (χ2n) is 10.0. The first-order valence-corrected chi connectivity index (χ1v) is 15.4. The molecule has 2 aromatic heterocycles. The van der Waals surface area contributed by atoms with E-state index in [0.29, 0.717) is 37.9 Å². The average molecular weight is 625 g/mol. The Morgan fingerprint density at radius 3 is 2.41 bits per heavy atom. The number of para-hydroxylation sites is 1. The van der Waals surface area contributed by atoms with Crippen LogP contribution in [0.3, 0.4) is 0 Å². The Labute approximate surface area is 262 Å². The highest BCUT2D eigenvalue weighted by atomic mass is 35.5. The number of thiazole rings is 1. The monoisotopic (exact) mass is 624 g/mol. The Hall–Kier alpha value is -4.73. The number of carbonyl (C=O) groups is 1. The Balaban J connectivity index is 1.53. The van der Waals surface area contributed by atoms with E-state index in [0.717, 1.165) is 28.1 Å². The molecule has 1 aliphatic heterocycles. The number of benzene rings is 3. The number of aromatic nitrogens is 3. The van der Waals surface area contributed by atoms with Crippen LogP contribution in [0.15, 0.2) is 106 Å². The summed E-state index contributed by atoms with van der Waals surface area (Å²) in [5.74, 6) is 0.258. The number of allylic oxidation sites excluding steroid dienone is 1. The minimum absolute atomic E-state index is 0.201. The van der Waals surface area contributed by atoms with Gasteiger partial charge < -0.3 is 9.47 Å². The standard InChI is InChI=1S/C34H29ClN4O4S/c1-4-42-27-17-13-22(14-18-27)30-24(20-38(37-30)26-9-7-6-8-10-26)19-28-32(40)39-31(23-11-15-25(35)16-12-23)29(33(41)43-5-2)21(3)36-34(39)44-28/h6-20,31H,4-5H2,1-3H3/b28-19-. The maximum Gasteiger partial charge on any atom is 0.338 e. The molecule has 0 fully saturated rings. The average Bonchev–Trinajstić information content (AvgIpc) is 3.58. The van der Waals surface area contributed by atoms with Crippen molar-refractivity contribution in [2.75, 3.05) is 13.2 Å². The molecule has 8 nitrogen and oxygen atoms in total. The second-order valence-corrected chi connectivity index (χ2v) is 11.5. The number of carbonyl (C=O) groups excluding carboxylic acids is 1. The SMILES string of the molecule is CCOC(=O)C1=C(C)N=c2s/c(=C\c3cn(-c4ccccc4)nc3-c3ccc(OCC)cc3)c(=O)n2C1c1ccc(Cl)cc1. The van der Waals surface area contributed by atoms with Crippen LogP contribution in [0.1, 0.15) is 37.9 Å². The molecule has 0 radical (unpaired) electrons. The maximum atomic E-state index is 14.2. The molecule has 1 aliphatic rings. The fourth-order valence-corrected chi connectivity index (χ4v) is 6.36. The van der Waals surface area contributed by atoms with Crippen LogP contribution >= 0.6 is 22.9 Å². The van der Waals surface area contributed by atoms with Crippen molar-refractivity contribution in [3.05, 3.63) is 132 Å². The summed E-state index contributed by atoms with van der Waals surface area (Å²) >= 11 is 7.45. The van der Waals surface area contributed by atoms with Crippen LogP contribution < -0.4 is 19.6 Å². The summed E-state index contributed by atoms with van der Waals surface area (Å²) in [4.78, 5) is 32.5. The third-order valence-corrected chi connectivity index (χ3v) is 8.43. The highest BCUT2D eigenvalue weighted by molar-refractivity contribution is 7.07. The fraction of sp³-hybridized carbons (Fsp3) is 0.176. The van der Waals surface area contributed by atoms with Crippen molar-refractivity contribution >= 4 is 35.0 Å². The summed E-state index contributed by atoms with van der Waals surface area (Å²) in [6, 6.07) is 23.9. The predicted molar refractivity (Wildman–Crippen MR) is 172 cm³/mol. The molecule has 1 atom stereocenters. The van der Waals surface area contributed by atoms with Gasteiger partial charge in [0.25, 0.3) is 5.56 Å². The number of esters is 1. The Morgan fingerprint density at radius 2 is 1.73 bits per heavy atom. The molecule has 222 valence electrons. The molecule has 44 heavy (non-hydrogen) atoms. The van der Waals surface area contributed by atoms with E-state index < -0.39 is 12.0 Å². The van der Waals surface area contributed by atoms with Gasteiger partial charge in [0.1, 0.15) is 11.4 Å². The maximum absolute atomic E-state index is 14.2. The third-order valence-electron chi connectivity index (χ3n) is 7.19. The Morgan fingerprint density at radius 1 is 1.00 bits per heavy atom. The van der Waals surface area contributed by atoms with E-state index in [9.17, 15) is 9.59 Å². The van der Waals surface area contributed by atoms with Crippen LogP contribution in [0.4, 0.5) is 0 Å². The minimum Gasteiger partial charge on any atom is -0.494 e. The molecule has 5 aromatic rings. The van der Waals surface area contributed by atoms with Crippen molar-refractivity contribution in [2.45, 2.75) is 26.8 Å². The zero-order chi connectivity index (χ0) is 30.8. The molecule has 0 saturated heterocycles. The van der Waals surface area contributed by atoms with Gasteiger partial charge in [0.15, 0.2) is 4.80 Å². The number of rotatable bonds is 8. The van der Waals surface area contributed by atoms with Crippen molar-refractivity contribution < 1.29 is 14.3 Å². The first-order valence-electron chi connectivity index (χ1n) is 14.2. The topological polar surface area (TPSA) is 87.7 Å². The normalized spacial score (nSPS) is 14.7. The molecule has 0 spiro atoms. The smallest absolute Gasteiger partial charge is 0.338 e. The second kappa shape index (κ2) is 12.5. The molecule has 0 aliphatic carbocycles. The summed E-state index contributed by atoms with van der Waals surface area (Å²) in [6.45, 7) is 6.23. The van der Waals surface area contributed by atoms with Gasteiger partial charge in [-0.15, -0.1) is 0 Å². The highest BCUT2D eigenvalue weighted by Crippen LogP contribution is 2.32. The van der Waals surface area contributed by atoms with Crippen LogP contribution in [-0.4, -0.2) is 33.5 Å². The van der Waals surface area contributed by atoms with E-state index in [1.54, 1.807) is 35.2 Å². The van der Waals surface area contributed by atoms with Gasteiger partial charge in [-0.1, -0.05) is 53.3 Å². The van der Waals surface area contributed by atoms with E-state index >= 15 is 0 Å². The number of fused-ring (bicyclic) bond motifs is 1. The number of ether oxygens (including phenoxy) is 2. The van der Waals surface area contributed by atoms with Crippen molar-refractivity contribution in [1.29, 1.82) is 0 Å². The van der Waals surface area contributed by atoms with Gasteiger partial charge in [-0.05, 0) is 80.9 Å². The molecule has 0 N–H and O–H groups in total. The number of nitrogens with zero attached hydrogens (tertiary/aromatic N) is 4. The summed E-state index contributed by atoms with van der Waals surface area (Å²) in [5, 5.41) is 5.46. The molecule has 6 rings (SSSR count). The Bertz CT molecular complexity index is 2040. The Kier molecular flexibility index (Phi) is 8.32. The predicted octanol–water partition coefficient (Wildman–Crippen LogP) is 5.70. The van der Waals surface area contributed by atoms with Gasteiger partial charge in [-0.2, -0.15) is 5.10 Å². The van der Waals surface area contributed by atoms with Crippen LogP contribution in [0, 0.1) is 0 Å². The van der Waals surface area contributed by atoms with Crippen LogP contribution in [0.2, 0.25) is 5.02 Å². The first kappa shape index (κ1) is 29.3. The van der Waals surface area contributed by atoms with E-state index in [-0.39, 0.29) is 12.2 Å². The lowest BCUT2D eigenvalue weighted by atomic mass is 9.96. The quantitative estimate of drug-likeness (QED) is 0.207. The summed E-state index contributed by atoms with van der Waals surface area (Å²) in [5.41, 5.74) is 4.51. The molecule has 3 aromatic carbocycles. The zero-order valence-corrected chi connectivity index (χ0v) is 25.9.